The highest BCUT2D eigenvalue weighted by Gasteiger charge is 2.34. The lowest BCUT2D eigenvalue weighted by Gasteiger charge is -2.33. The molecule has 2 heterocycles. The van der Waals surface area contributed by atoms with Crippen molar-refractivity contribution in [3.63, 3.8) is 0 Å². The van der Waals surface area contributed by atoms with Gasteiger partial charge in [0.25, 0.3) is 0 Å². The quantitative estimate of drug-likeness (QED) is 0.702. The minimum atomic E-state index is -0.959. The first-order chi connectivity index (χ1) is 12.9. The lowest BCUT2D eigenvalue weighted by Crippen LogP contribution is -2.41. The Morgan fingerprint density at radius 2 is 2.15 bits per heavy atom. The van der Waals surface area contributed by atoms with Crippen LogP contribution in [0.2, 0.25) is 5.02 Å². The molecule has 7 heteroatoms. The van der Waals surface area contributed by atoms with Crippen LogP contribution in [0.25, 0.3) is 10.2 Å². The molecule has 1 aromatic heterocycles. The SMILES string of the molecule is Cc1ccc2c(c1)CC(CC(=O)O)C(=O)N2Cc1nc2cc(Cl)ccc2s1. The molecule has 0 saturated carbocycles. The Balaban J connectivity index is 1.72. The minimum Gasteiger partial charge on any atom is -0.481 e. The molecule has 0 spiro atoms. The van der Waals surface area contributed by atoms with Gasteiger partial charge in [0.15, 0.2) is 0 Å². The number of hydrogen-bond acceptors (Lipinski definition) is 4. The van der Waals surface area contributed by atoms with Crippen LogP contribution in [-0.2, 0) is 22.6 Å². The van der Waals surface area contributed by atoms with Gasteiger partial charge in [-0.05, 0) is 43.2 Å². The number of carboxylic acids is 1. The van der Waals surface area contributed by atoms with Gasteiger partial charge in [0.1, 0.15) is 5.01 Å². The first kappa shape index (κ1) is 17.9. The van der Waals surface area contributed by atoms with E-state index in [9.17, 15) is 14.7 Å². The highest BCUT2D eigenvalue weighted by Crippen LogP contribution is 2.35. The summed E-state index contributed by atoms with van der Waals surface area (Å²) in [4.78, 5) is 30.5. The number of rotatable bonds is 4. The van der Waals surface area contributed by atoms with Crippen LogP contribution in [0.4, 0.5) is 5.69 Å². The van der Waals surface area contributed by atoms with Crippen LogP contribution in [0, 0.1) is 12.8 Å². The second-order valence-corrected chi connectivity index (χ2v) is 8.33. The summed E-state index contributed by atoms with van der Waals surface area (Å²) in [6.45, 7) is 2.31. The van der Waals surface area contributed by atoms with Gasteiger partial charge in [-0.25, -0.2) is 4.98 Å². The molecule has 0 fully saturated rings. The molecule has 1 aliphatic rings. The summed E-state index contributed by atoms with van der Waals surface area (Å²) >= 11 is 7.55. The summed E-state index contributed by atoms with van der Waals surface area (Å²) < 4.78 is 1.00. The molecular formula is C20H17ClN2O3S. The van der Waals surface area contributed by atoms with Crippen LogP contribution < -0.4 is 4.90 Å². The topological polar surface area (TPSA) is 70.5 Å². The van der Waals surface area contributed by atoms with Gasteiger partial charge in [-0.2, -0.15) is 0 Å². The Morgan fingerprint density at radius 3 is 2.93 bits per heavy atom. The number of carbonyl (C=O) groups is 2. The summed E-state index contributed by atoms with van der Waals surface area (Å²) in [5, 5.41) is 10.6. The second kappa shape index (κ2) is 6.94. The van der Waals surface area contributed by atoms with Gasteiger partial charge in [0.05, 0.1) is 29.1 Å². The number of fused-ring (bicyclic) bond motifs is 2. The first-order valence-corrected chi connectivity index (χ1v) is 9.78. The van der Waals surface area contributed by atoms with Crippen LogP contribution in [0.15, 0.2) is 36.4 Å². The van der Waals surface area contributed by atoms with E-state index >= 15 is 0 Å². The molecule has 1 aliphatic heterocycles. The Hall–Kier alpha value is -2.44. The lowest BCUT2D eigenvalue weighted by atomic mass is 9.88. The van der Waals surface area contributed by atoms with E-state index in [-0.39, 0.29) is 12.3 Å². The van der Waals surface area contributed by atoms with Gasteiger partial charge < -0.3 is 10.0 Å². The van der Waals surface area contributed by atoms with Gasteiger partial charge >= 0.3 is 5.97 Å². The third-order valence-electron chi connectivity index (χ3n) is 4.72. The number of halogens is 1. The Bertz CT molecular complexity index is 1060. The zero-order chi connectivity index (χ0) is 19.1. The van der Waals surface area contributed by atoms with E-state index in [2.05, 4.69) is 4.98 Å². The number of carboxylic acid groups (broad SMARTS) is 1. The first-order valence-electron chi connectivity index (χ1n) is 8.58. The molecule has 4 rings (SSSR count). The zero-order valence-electron chi connectivity index (χ0n) is 14.6. The van der Waals surface area contributed by atoms with Crippen LogP contribution in [0.1, 0.15) is 22.6 Å². The molecule has 5 nitrogen and oxygen atoms in total. The van der Waals surface area contributed by atoms with E-state index in [0.717, 1.165) is 32.0 Å². The molecule has 3 aromatic rings. The zero-order valence-corrected chi connectivity index (χ0v) is 16.2. The molecule has 138 valence electrons. The number of anilines is 1. The lowest BCUT2D eigenvalue weighted by molar-refractivity contribution is -0.140. The highest BCUT2D eigenvalue weighted by molar-refractivity contribution is 7.18. The molecule has 0 saturated heterocycles. The van der Waals surface area contributed by atoms with Crippen LogP contribution >= 0.6 is 22.9 Å². The fraction of sp³-hybridized carbons (Fsp3) is 0.250. The molecule has 0 radical (unpaired) electrons. The molecule has 0 aliphatic carbocycles. The van der Waals surface area contributed by atoms with Gasteiger partial charge in [-0.1, -0.05) is 29.3 Å². The summed E-state index contributed by atoms with van der Waals surface area (Å²) in [7, 11) is 0. The second-order valence-electron chi connectivity index (χ2n) is 6.78. The van der Waals surface area contributed by atoms with Gasteiger partial charge in [-0.3, -0.25) is 9.59 Å². The fourth-order valence-corrected chi connectivity index (χ4v) is 4.62. The molecule has 1 amide bonds. The van der Waals surface area contributed by atoms with Gasteiger partial charge in [0, 0.05) is 10.7 Å². The van der Waals surface area contributed by atoms with Gasteiger partial charge in [0.2, 0.25) is 5.91 Å². The van der Waals surface area contributed by atoms with Crippen molar-refractivity contribution in [1.82, 2.24) is 4.98 Å². The summed E-state index contributed by atoms with van der Waals surface area (Å²) in [5.41, 5.74) is 3.74. The molecule has 1 unspecified atom stereocenters. The van der Waals surface area contributed by atoms with E-state index in [1.54, 1.807) is 11.0 Å². The number of nitrogens with zero attached hydrogens (tertiary/aromatic N) is 2. The fourth-order valence-electron chi connectivity index (χ4n) is 3.52. The number of aromatic nitrogens is 1. The van der Waals surface area contributed by atoms with E-state index in [0.29, 0.717) is 18.0 Å². The van der Waals surface area contributed by atoms with Gasteiger partial charge in [-0.15, -0.1) is 11.3 Å². The van der Waals surface area contributed by atoms with Crippen molar-refractivity contribution in [2.75, 3.05) is 4.90 Å². The molecule has 1 N–H and O–H groups in total. The summed E-state index contributed by atoms with van der Waals surface area (Å²) in [6.07, 6.45) is 0.284. The number of thiazole rings is 1. The van der Waals surface area contributed by atoms with Crippen LogP contribution in [0.5, 0.6) is 0 Å². The van der Waals surface area contributed by atoms with Crippen molar-refractivity contribution >= 4 is 50.7 Å². The third kappa shape index (κ3) is 3.55. The van der Waals surface area contributed by atoms with Crippen molar-refractivity contribution in [3.8, 4) is 0 Å². The predicted octanol–water partition coefficient (Wildman–Crippen LogP) is 4.44. The Kier molecular flexibility index (Phi) is 4.61. The molecular weight excluding hydrogens is 384 g/mol. The average Bonchev–Trinajstić information content (AvgIpc) is 2.99. The van der Waals surface area contributed by atoms with Crippen LogP contribution in [0.3, 0.4) is 0 Å². The normalized spacial score (nSPS) is 16.6. The van der Waals surface area contributed by atoms with E-state index in [1.165, 1.54) is 11.3 Å². The molecule has 1 atom stereocenters. The number of amides is 1. The van der Waals surface area contributed by atoms with E-state index in [4.69, 9.17) is 11.6 Å². The predicted molar refractivity (Wildman–Crippen MR) is 106 cm³/mol. The summed E-state index contributed by atoms with van der Waals surface area (Å²) in [6, 6.07) is 11.5. The maximum absolute atomic E-state index is 13.0. The van der Waals surface area contributed by atoms with Crippen molar-refractivity contribution in [3.05, 3.63) is 57.6 Å². The third-order valence-corrected chi connectivity index (χ3v) is 5.97. The Morgan fingerprint density at radius 1 is 1.33 bits per heavy atom. The number of benzene rings is 2. The molecule has 2 aromatic carbocycles. The highest BCUT2D eigenvalue weighted by atomic mass is 35.5. The van der Waals surface area contributed by atoms with Crippen LogP contribution in [-0.4, -0.2) is 22.0 Å². The monoisotopic (exact) mass is 400 g/mol. The molecule has 27 heavy (non-hydrogen) atoms. The smallest absolute Gasteiger partial charge is 0.304 e. The number of carbonyl (C=O) groups excluding carboxylic acids is 1. The number of aliphatic carboxylic acids is 1. The average molecular weight is 401 g/mol. The maximum Gasteiger partial charge on any atom is 0.304 e. The Labute approximate surface area is 165 Å². The van der Waals surface area contributed by atoms with Crippen molar-refractivity contribution in [2.24, 2.45) is 5.92 Å². The number of hydrogen-bond donors (Lipinski definition) is 1. The maximum atomic E-state index is 13.0. The van der Waals surface area contributed by atoms with E-state index < -0.39 is 11.9 Å². The van der Waals surface area contributed by atoms with E-state index in [1.807, 2.05) is 37.3 Å². The molecule has 0 bridgehead atoms. The van der Waals surface area contributed by atoms with Crippen molar-refractivity contribution < 1.29 is 14.7 Å². The number of aryl methyl sites for hydroxylation is 1. The van der Waals surface area contributed by atoms with Crippen molar-refractivity contribution in [2.45, 2.75) is 26.3 Å². The van der Waals surface area contributed by atoms with Crippen molar-refractivity contribution in [1.29, 1.82) is 0 Å². The largest absolute Gasteiger partial charge is 0.481 e. The summed E-state index contributed by atoms with van der Waals surface area (Å²) in [5.74, 6) is -1.68. The standard InChI is InChI=1S/C20H17ClN2O3S/c1-11-2-4-16-12(6-11)7-13(8-19(24)25)20(26)23(16)10-18-22-15-9-14(21)3-5-17(15)27-18/h2-6,9,13H,7-8,10H2,1H3,(H,24,25). The minimum absolute atomic E-state index is 0.161.